The van der Waals surface area contributed by atoms with Crippen molar-refractivity contribution in [2.75, 3.05) is 24.7 Å². The van der Waals surface area contributed by atoms with E-state index in [1.165, 1.54) is 225 Å². The Hall–Kier alpha value is -1.24. The second kappa shape index (κ2) is 52.4. The minimum absolute atomic E-state index is 0.0705. The summed E-state index contributed by atoms with van der Waals surface area (Å²) in [6.07, 6.45) is 54.2. The van der Waals surface area contributed by atoms with Gasteiger partial charge in [-0.25, -0.2) is 0 Å². The van der Waals surface area contributed by atoms with Gasteiger partial charge in [0.25, 0.3) is 0 Å². The van der Waals surface area contributed by atoms with Crippen molar-refractivity contribution in [2.45, 2.75) is 309 Å². The molecule has 0 aliphatic carbocycles. The first-order valence-electron chi connectivity index (χ1n) is 27.6. The number of carbonyl (C=O) groups is 3. The largest absolute Gasteiger partial charge is 0.462 e. The van der Waals surface area contributed by atoms with Crippen LogP contribution in [0.3, 0.4) is 0 Å². The Morgan fingerprint density at radius 3 is 0.839 bits per heavy atom. The summed E-state index contributed by atoms with van der Waals surface area (Å²) >= 11 is 1.60. The van der Waals surface area contributed by atoms with Crippen molar-refractivity contribution in [3.63, 3.8) is 0 Å². The number of hydrogen-bond acceptors (Lipinski definition) is 7. The molecule has 0 N–H and O–H groups in total. The zero-order chi connectivity index (χ0) is 45.1. The van der Waals surface area contributed by atoms with E-state index in [1.807, 2.05) is 0 Å². The van der Waals surface area contributed by atoms with Crippen LogP contribution in [0.4, 0.5) is 0 Å². The third kappa shape index (κ3) is 49.8. The van der Waals surface area contributed by atoms with Gasteiger partial charge in [-0.3, -0.25) is 14.4 Å². The van der Waals surface area contributed by atoms with E-state index in [0.717, 1.165) is 50.7 Å². The number of hydrogen-bond donors (Lipinski definition) is 0. The summed E-state index contributed by atoms with van der Waals surface area (Å²) in [5.41, 5.74) is 0. The molecule has 0 bridgehead atoms. The van der Waals surface area contributed by atoms with Gasteiger partial charge in [-0.15, -0.1) is 0 Å². The van der Waals surface area contributed by atoms with E-state index in [9.17, 15) is 14.4 Å². The maximum Gasteiger partial charge on any atom is 0.316 e. The monoisotopic (exact) mass is 895 g/mol. The van der Waals surface area contributed by atoms with E-state index in [4.69, 9.17) is 14.2 Å². The van der Waals surface area contributed by atoms with Gasteiger partial charge in [0.15, 0.2) is 6.10 Å². The zero-order valence-electron chi connectivity index (χ0n) is 41.9. The van der Waals surface area contributed by atoms with Crippen LogP contribution in [0.5, 0.6) is 0 Å². The minimum atomic E-state index is -0.773. The van der Waals surface area contributed by atoms with E-state index in [1.54, 1.807) is 11.8 Å². The van der Waals surface area contributed by atoms with Crippen LogP contribution in [0.15, 0.2) is 0 Å². The van der Waals surface area contributed by atoms with Gasteiger partial charge in [0.2, 0.25) is 0 Å². The Morgan fingerprint density at radius 1 is 0.323 bits per heavy atom. The molecule has 0 saturated carbocycles. The molecule has 0 radical (unpaired) electrons. The molecule has 7 heteroatoms. The number of ether oxygens (including phenoxy) is 3. The zero-order valence-corrected chi connectivity index (χ0v) is 42.7. The predicted molar refractivity (Wildman–Crippen MR) is 269 cm³/mol. The molecule has 0 unspecified atom stereocenters. The van der Waals surface area contributed by atoms with Crippen LogP contribution in [0.2, 0.25) is 0 Å². The summed E-state index contributed by atoms with van der Waals surface area (Å²) in [5.74, 6) is 0.308. The third-order valence-electron chi connectivity index (χ3n) is 12.5. The minimum Gasteiger partial charge on any atom is -0.462 e. The lowest BCUT2D eigenvalue weighted by Gasteiger charge is -2.18. The Labute approximate surface area is 390 Å². The lowest BCUT2D eigenvalue weighted by atomic mass is 10.0. The molecule has 0 atom stereocenters. The molecule has 0 aromatic heterocycles. The second-order valence-corrected chi connectivity index (χ2v) is 19.9. The van der Waals surface area contributed by atoms with Crippen LogP contribution in [-0.4, -0.2) is 48.7 Å². The fourth-order valence-electron chi connectivity index (χ4n) is 8.33. The van der Waals surface area contributed by atoms with Crippen molar-refractivity contribution < 1.29 is 28.6 Å². The molecule has 0 aliphatic rings. The van der Waals surface area contributed by atoms with Gasteiger partial charge < -0.3 is 14.2 Å². The maximum absolute atomic E-state index is 12.8. The van der Waals surface area contributed by atoms with Crippen LogP contribution in [0, 0.1) is 0 Å². The average molecular weight is 896 g/mol. The second-order valence-electron chi connectivity index (χ2n) is 18.8. The molecule has 6 nitrogen and oxygen atoms in total. The van der Waals surface area contributed by atoms with E-state index in [-0.39, 0.29) is 36.9 Å². The standard InChI is InChI=1S/C55H106O6S/c1-4-7-10-13-16-19-22-25-27-29-31-34-37-40-43-46-53(56)59-49-52(61-55(58)51-62-48-45-42-39-36-33-24-21-18-15-12-9-6-3)50-60-54(57)47-44-41-38-35-32-30-28-26-23-20-17-14-11-8-5-2/h52H,4-51H2,1-3H3. The van der Waals surface area contributed by atoms with Crippen molar-refractivity contribution >= 4 is 29.7 Å². The lowest BCUT2D eigenvalue weighted by molar-refractivity contribution is -0.165. The fourth-order valence-corrected chi connectivity index (χ4v) is 9.12. The molecule has 368 valence electrons. The van der Waals surface area contributed by atoms with Gasteiger partial charge in [-0.2, -0.15) is 11.8 Å². The van der Waals surface area contributed by atoms with Crippen LogP contribution < -0.4 is 0 Å². The molecule has 0 rings (SSSR count). The molecular weight excluding hydrogens is 789 g/mol. The summed E-state index contributed by atoms with van der Waals surface area (Å²) in [6.45, 7) is 6.68. The topological polar surface area (TPSA) is 78.9 Å². The normalized spacial score (nSPS) is 11.4. The highest BCUT2D eigenvalue weighted by Gasteiger charge is 2.19. The molecule has 0 fully saturated rings. The Kier molecular flexibility index (Phi) is 51.3. The van der Waals surface area contributed by atoms with E-state index in [2.05, 4.69) is 20.8 Å². The van der Waals surface area contributed by atoms with Crippen molar-refractivity contribution in [1.29, 1.82) is 0 Å². The molecule has 0 saturated heterocycles. The Morgan fingerprint density at radius 2 is 0.565 bits per heavy atom. The molecule has 0 heterocycles. The van der Waals surface area contributed by atoms with Gasteiger partial charge in [0.1, 0.15) is 13.2 Å². The number of carbonyl (C=O) groups excluding carboxylic acids is 3. The van der Waals surface area contributed by atoms with Gasteiger partial charge in [0, 0.05) is 12.8 Å². The molecule has 0 aromatic rings. The number of thioether (sulfide) groups is 1. The first-order valence-corrected chi connectivity index (χ1v) is 28.8. The molecule has 0 aliphatic heterocycles. The Bertz CT molecular complexity index is 877. The van der Waals surface area contributed by atoms with Gasteiger partial charge in [-0.1, -0.05) is 271 Å². The van der Waals surface area contributed by atoms with Crippen molar-refractivity contribution in [3.8, 4) is 0 Å². The predicted octanol–water partition coefficient (Wildman–Crippen LogP) is 17.9. The van der Waals surface area contributed by atoms with E-state index >= 15 is 0 Å². The first-order chi connectivity index (χ1) is 30.5. The average Bonchev–Trinajstić information content (AvgIpc) is 3.27. The molecule has 62 heavy (non-hydrogen) atoms. The maximum atomic E-state index is 12.8. The highest BCUT2D eigenvalue weighted by molar-refractivity contribution is 7.99. The smallest absolute Gasteiger partial charge is 0.316 e. The fraction of sp³-hybridized carbons (Fsp3) is 0.945. The summed E-state index contributed by atoms with van der Waals surface area (Å²) in [6, 6.07) is 0. The van der Waals surface area contributed by atoms with Crippen LogP contribution in [0.25, 0.3) is 0 Å². The molecule has 0 aromatic carbocycles. The number of unbranched alkanes of at least 4 members (excludes halogenated alkanes) is 39. The summed E-state index contributed by atoms with van der Waals surface area (Å²) < 4.78 is 16.8. The Balaban J connectivity index is 4.29. The number of rotatable bonds is 52. The van der Waals surface area contributed by atoms with Crippen LogP contribution in [0.1, 0.15) is 303 Å². The number of esters is 3. The summed E-state index contributed by atoms with van der Waals surface area (Å²) in [7, 11) is 0. The highest BCUT2D eigenvalue weighted by Crippen LogP contribution is 2.17. The highest BCUT2D eigenvalue weighted by atomic mass is 32.2. The summed E-state index contributed by atoms with van der Waals surface area (Å²) in [4.78, 5) is 38.0. The SMILES string of the molecule is CCCCCCCCCCCCCCCCCC(=O)OCC(COC(=O)CCCCCCCCCCCCCCCCC)OC(=O)CSCCCCCCCCCCCCCC. The summed E-state index contributed by atoms with van der Waals surface area (Å²) in [5, 5.41) is 0. The van der Waals surface area contributed by atoms with Crippen molar-refractivity contribution in [2.24, 2.45) is 0 Å². The lowest BCUT2D eigenvalue weighted by Crippen LogP contribution is -2.31. The molecular formula is C55H106O6S. The van der Waals surface area contributed by atoms with Gasteiger partial charge >= 0.3 is 17.9 Å². The van der Waals surface area contributed by atoms with Gasteiger partial charge in [0.05, 0.1) is 5.75 Å². The quantitative estimate of drug-likeness (QED) is 0.0342. The molecule has 0 amide bonds. The van der Waals surface area contributed by atoms with Crippen molar-refractivity contribution in [1.82, 2.24) is 0 Å². The van der Waals surface area contributed by atoms with Crippen LogP contribution in [-0.2, 0) is 28.6 Å². The van der Waals surface area contributed by atoms with Crippen LogP contribution >= 0.6 is 11.8 Å². The van der Waals surface area contributed by atoms with E-state index in [0.29, 0.717) is 12.8 Å². The van der Waals surface area contributed by atoms with Crippen molar-refractivity contribution in [3.05, 3.63) is 0 Å². The first kappa shape index (κ1) is 60.8. The third-order valence-corrected chi connectivity index (χ3v) is 13.5. The molecule has 0 spiro atoms. The van der Waals surface area contributed by atoms with Gasteiger partial charge in [-0.05, 0) is 25.0 Å². The van der Waals surface area contributed by atoms with E-state index < -0.39 is 6.10 Å².